The summed E-state index contributed by atoms with van der Waals surface area (Å²) in [5.74, 6) is -0.669. The second-order valence-electron chi connectivity index (χ2n) is 3.87. The minimum Gasteiger partial charge on any atom is -0.469 e. The molecule has 1 aromatic carbocycles. The number of thioether (sulfide) groups is 1. The number of hydrogen-bond donors (Lipinski definition) is 0. The van der Waals surface area contributed by atoms with Crippen LogP contribution >= 0.6 is 27.7 Å². The standard InChI is InChI=1S/C12H12BrF3O2S/c1-7(11(17)18-2)6-19-10-5-8(13)3-4-9(10)12(14,15)16/h3-5,7H,6H2,1-2H3. The van der Waals surface area contributed by atoms with Crippen LogP contribution in [0, 0.1) is 5.92 Å². The van der Waals surface area contributed by atoms with Crippen molar-refractivity contribution in [2.45, 2.75) is 18.0 Å². The Morgan fingerprint density at radius 3 is 2.63 bits per heavy atom. The molecule has 2 nitrogen and oxygen atoms in total. The second kappa shape index (κ2) is 6.65. The van der Waals surface area contributed by atoms with Gasteiger partial charge in [0.05, 0.1) is 18.6 Å². The number of ether oxygens (including phenoxy) is 1. The zero-order valence-corrected chi connectivity index (χ0v) is 12.7. The summed E-state index contributed by atoms with van der Waals surface area (Å²) in [4.78, 5) is 11.3. The molecule has 0 aliphatic heterocycles. The van der Waals surface area contributed by atoms with Crippen LogP contribution in [0.4, 0.5) is 13.2 Å². The van der Waals surface area contributed by atoms with Crippen molar-refractivity contribution in [2.75, 3.05) is 12.9 Å². The number of benzene rings is 1. The summed E-state index contributed by atoms with van der Waals surface area (Å²) in [6, 6.07) is 3.77. The van der Waals surface area contributed by atoms with Crippen molar-refractivity contribution in [3.05, 3.63) is 28.2 Å². The molecule has 0 bridgehead atoms. The quantitative estimate of drug-likeness (QED) is 0.591. The Balaban J connectivity index is 2.88. The van der Waals surface area contributed by atoms with Gasteiger partial charge in [0.15, 0.2) is 0 Å². The molecule has 1 unspecified atom stereocenters. The lowest BCUT2D eigenvalue weighted by atomic mass is 10.2. The van der Waals surface area contributed by atoms with Crippen molar-refractivity contribution in [2.24, 2.45) is 5.92 Å². The van der Waals surface area contributed by atoms with Gasteiger partial charge in [-0.1, -0.05) is 22.9 Å². The molecular formula is C12H12BrF3O2S. The lowest BCUT2D eigenvalue weighted by Crippen LogP contribution is -2.15. The fourth-order valence-corrected chi connectivity index (χ4v) is 2.96. The average Bonchev–Trinajstić information content (AvgIpc) is 2.33. The van der Waals surface area contributed by atoms with Gasteiger partial charge in [-0.25, -0.2) is 0 Å². The largest absolute Gasteiger partial charge is 0.469 e. The summed E-state index contributed by atoms with van der Waals surface area (Å²) in [7, 11) is 1.25. The van der Waals surface area contributed by atoms with E-state index in [0.29, 0.717) is 4.47 Å². The van der Waals surface area contributed by atoms with E-state index in [0.717, 1.165) is 17.8 Å². The molecule has 0 aromatic heterocycles. The number of carbonyl (C=O) groups excluding carboxylic acids is 1. The average molecular weight is 357 g/mol. The molecule has 0 aliphatic rings. The van der Waals surface area contributed by atoms with E-state index in [-0.39, 0.29) is 10.6 Å². The van der Waals surface area contributed by atoms with Crippen molar-refractivity contribution >= 4 is 33.7 Å². The molecule has 0 aliphatic carbocycles. The van der Waals surface area contributed by atoms with E-state index in [4.69, 9.17) is 0 Å². The van der Waals surface area contributed by atoms with Gasteiger partial charge < -0.3 is 4.74 Å². The summed E-state index contributed by atoms with van der Waals surface area (Å²) < 4.78 is 43.5. The van der Waals surface area contributed by atoms with E-state index in [9.17, 15) is 18.0 Å². The maximum atomic E-state index is 12.8. The van der Waals surface area contributed by atoms with Crippen LogP contribution in [0.5, 0.6) is 0 Å². The van der Waals surface area contributed by atoms with Gasteiger partial charge in [-0.2, -0.15) is 13.2 Å². The van der Waals surface area contributed by atoms with Crippen molar-refractivity contribution in [1.29, 1.82) is 0 Å². The molecule has 1 aromatic rings. The van der Waals surface area contributed by atoms with Crippen LogP contribution in [0.3, 0.4) is 0 Å². The first-order valence-corrected chi connectivity index (χ1v) is 7.11. The first-order chi connectivity index (χ1) is 8.75. The molecule has 0 saturated heterocycles. The van der Waals surface area contributed by atoms with Crippen molar-refractivity contribution in [3.8, 4) is 0 Å². The lowest BCUT2D eigenvalue weighted by Gasteiger charge is -2.14. The second-order valence-corrected chi connectivity index (χ2v) is 5.85. The highest BCUT2D eigenvalue weighted by Crippen LogP contribution is 2.38. The van der Waals surface area contributed by atoms with Crippen LogP contribution in [-0.2, 0) is 15.7 Å². The Bertz CT molecular complexity index is 463. The molecule has 1 rings (SSSR count). The number of esters is 1. The van der Waals surface area contributed by atoms with Crippen molar-refractivity contribution in [3.63, 3.8) is 0 Å². The van der Waals surface area contributed by atoms with E-state index in [2.05, 4.69) is 20.7 Å². The fraction of sp³-hybridized carbons (Fsp3) is 0.417. The molecule has 0 N–H and O–H groups in total. The number of rotatable bonds is 4. The lowest BCUT2D eigenvalue weighted by molar-refractivity contribution is -0.144. The summed E-state index contributed by atoms with van der Waals surface area (Å²) >= 11 is 4.13. The van der Waals surface area contributed by atoms with E-state index < -0.39 is 23.6 Å². The highest BCUT2D eigenvalue weighted by Gasteiger charge is 2.33. The maximum absolute atomic E-state index is 12.8. The number of carbonyl (C=O) groups is 1. The zero-order valence-electron chi connectivity index (χ0n) is 10.3. The topological polar surface area (TPSA) is 26.3 Å². The molecule has 106 valence electrons. The van der Waals surface area contributed by atoms with Crippen LogP contribution in [0.1, 0.15) is 12.5 Å². The van der Waals surface area contributed by atoms with Gasteiger partial charge in [0.2, 0.25) is 0 Å². The van der Waals surface area contributed by atoms with Crippen LogP contribution < -0.4 is 0 Å². The number of hydrogen-bond acceptors (Lipinski definition) is 3. The van der Waals surface area contributed by atoms with E-state index in [1.165, 1.54) is 19.2 Å². The Labute approximate surface area is 121 Å². The SMILES string of the molecule is COC(=O)C(C)CSc1cc(Br)ccc1C(F)(F)F. The highest BCUT2D eigenvalue weighted by molar-refractivity contribution is 9.10. The predicted octanol–water partition coefficient (Wildman–Crippen LogP) is 4.37. The number of methoxy groups -OCH3 is 1. The summed E-state index contributed by atoms with van der Waals surface area (Å²) in [6.07, 6.45) is -4.41. The van der Waals surface area contributed by atoms with Gasteiger partial charge in [0.1, 0.15) is 0 Å². The molecule has 0 amide bonds. The van der Waals surface area contributed by atoms with Crippen molar-refractivity contribution in [1.82, 2.24) is 0 Å². The van der Waals surface area contributed by atoms with E-state index >= 15 is 0 Å². The Morgan fingerprint density at radius 1 is 1.47 bits per heavy atom. The summed E-state index contributed by atoms with van der Waals surface area (Å²) in [6.45, 7) is 1.62. The predicted molar refractivity (Wildman–Crippen MR) is 71.0 cm³/mol. The van der Waals surface area contributed by atoms with Gasteiger partial charge in [0.25, 0.3) is 0 Å². The van der Waals surface area contributed by atoms with Gasteiger partial charge >= 0.3 is 12.1 Å². The number of halogens is 4. The van der Waals surface area contributed by atoms with Crippen LogP contribution in [-0.4, -0.2) is 18.8 Å². The van der Waals surface area contributed by atoms with Crippen LogP contribution in [0.2, 0.25) is 0 Å². The minimum atomic E-state index is -4.41. The van der Waals surface area contributed by atoms with Gasteiger partial charge in [-0.15, -0.1) is 11.8 Å². The number of alkyl halides is 3. The monoisotopic (exact) mass is 356 g/mol. The molecule has 1 atom stereocenters. The zero-order chi connectivity index (χ0) is 14.6. The summed E-state index contributed by atoms with van der Waals surface area (Å²) in [5, 5.41) is 0. The smallest absolute Gasteiger partial charge is 0.417 e. The Morgan fingerprint density at radius 2 is 2.11 bits per heavy atom. The Kier molecular flexibility index (Phi) is 5.73. The first kappa shape index (κ1) is 16.4. The van der Waals surface area contributed by atoms with Gasteiger partial charge in [0, 0.05) is 15.1 Å². The molecule has 0 heterocycles. The summed E-state index contributed by atoms with van der Waals surface area (Å²) in [5.41, 5.74) is -0.697. The molecule has 0 fully saturated rings. The van der Waals surface area contributed by atoms with Crippen LogP contribution in [0.25, 0.3) is 0 Å². The first-order valence-electron chi connectivity index (χ1n) is 5.33. The third-order valence-electron chi connectivity index (χ3n) is 2.34. The molecule has 0 saturated carbocycles. The van der Waals surface area contributed by atoms with E-state index in [1.807, 2.05) is 0 Å². The molecule has 0 radical (unpaired) electrons. The highest BCUT2D eigenvalue weighted by atomic mass is 79.9. The third kappa shape index (κ3) is 4.72. The minimum absolute atomic E-state index is 0.0950. The molecule has 7 heteroatoms. The molecule has 0 spiro atoms. The van der Waals surface area contributed by atoms with Gasteiger partial charge in [-0.05, 0) is 18.2 Å². The Hall–Kier alpha value is -0.690. The normalized spacial score (nSPS) is 13.2. The van der Waals surface area contributed by atoms with Crippen molar-refractivity contribution < 1.29 is 22.7 Å². The van der Waals surface area contributed by atoms with Gasteiger partial charge in [-0.3, -0.25) is 4.79 Å². The maximum Gasteiger partial charge on any atom is 0.417 e. The van der Waals surface area contributed by atoms with Crippen LogP contribution in [0.15, 0.2) is 27.6 Å². The third-order valence-corrected chi connectivity index (χ3v) is 4.15. The fourth-order valence-electron chi connectivity index (χ4n) is 1.33. The van der Waals surface area contributed by atoms with E-state index in [1.54, 1.807) is 6.92 Å². The molecule has 19 heavy (non-hydrogen) atoms. The molecular weight excluding hydrogens is 345 g/mol.